The molecule has 0 aliphatic heterocycles. The van der Waals surface area contributed by atoms with Gasteiger partial charge in [0, 0.05) is 12.6 Å². The number of aromatic nitrogens is 2. The van der Waals surface area contributed by atoms with Crippen LogP contribution >= 0.6 is 0 Å². The van der Waals surface area contributed by atoms with E-state index in [4.69, 9.17) is 10.5 Å². The lowest BCUT2D eigenvalue weighted by molar-refractivity contribution is 0.203. The van der Waals surface area contributed by atoms with Crippen LogP contribution in [0.3, 0.4) is 0 Å². The van der Waals surface area contributed by atoms with E-state index < -0.39 is 0 Å². The first-order valence-corrected chi connectivity index (χ1v) is 8.35. The van der Waals surface area contributed by atoms with Gasteiger partial charge in [0.1, 0.15) is 5.82 Å². The summed E-state index contributed by atoms with van der Waals surface area (Å²) in [4.78, 5) is 8.40. The summed E-state index contributed by atoms with van der Waals surface area (Å²) in [6.45, 7) is 1.41. The Morgan fingerprint density at radius 1 is 1.09 bits per heavy atom. The van der Waals surface area contributed by atoms with E-state index in [0.717, 1.165) is 0 Å². The zero-order valence-corrected chi connectivity index (χ0v) is 13.4. The van der Waals surface area contributed by atoms with Crippen molar-refractivity contribution < 1.29 is 4.74 Å². The summed E-state index contributed by atoms with van der Waals surface area (Å²) in [6.07, 6.45) is 6.47. The second-order valence-corrected chi connectivity index (χ2v) is 6.10. The van der Waals surface area contributed by atoms with E-state index >= 15 is 0 Å². The maximum Gasteiger partial charge on any atom is 0.225 e. The predicted octanol–water partition coefficient (Wildman–Crippen LogP) is 3.63. The van der Waals surface area contributed by atoms with Crippen LogP contribution in [0.25, 0.3) is 0 Å². The molecule has 0 atom stereocenters. The molecule has 3 N–H and O–H groups in total. The first-order valence-electron chi connectivity index (χ1n) is 8.35. The monoisotopic (exact) mass is 312 g/mol. The molecule has 1 fully saturated rings. The largest absolute Gasteiger partial charge is 0.477 e. The Labute approximate surface area is 137 Å². The average molecular weight is 312 g/mol. The summed E-state index contributed by atoms with van der Waals surface area (Å²) in [6, 6.07) is 12.0. The molecule has 5 heteroatoms. The Kier molecular flexibility index (Phi) is 5.29. The molecule has 0 radical (unpaired) electrons. The molecule has 2 aromatic rings. The highest BCUT2D eigenvalue weighted by Crippen LogP contribution is 2.25. The van der Waals surface area contributed by atoms with Gasteiger partial charge in [0.25, 0.3) is 0 Å². The van der Waals surface area contributed by atoms with Crippen molar-refractivity contribution in [3.63, 3.8) is 0 Å². The Bertz CT molecular complexity index is 612. The van der Waals surface area contributed by atoms with Gasteiger partial charge < -0.3 is 15.8 Å². The van der Waals surface area contributed by atoms with E-state index in [-0.39, 0.29) is 5.95 Å². The maximum absolute atomic E-state index is 5.85. The Morgan fingerprint density at radius 3 is 2.65 bits per heavy atom. The minimum absolute atomic E-state index is 0.238. The molecule has 23 heavy (non-hydrogen) atoms. The lowest BCUT2D eigenvalue weighted by Gasteiger charge is -2.21. The number of nitrogens with zero attached hydrogens (tertiary/aromatic N) is 2. The molecule has 3 rings (SSSR count). The van der Waals surface area contributed by atoms with Gasteiger partial charge in [-0.3, -0.25) is 0 Å². The van der Waals surface area contributed by atoms with Crippen LogP contribution in [-0.4, -0.2) is 16.6 Å². The number of nitrogens with two attached hydrogens (primary N) is 1. The van der Waals surface area contributed by atoms with Crippen molar-refractivity contribution in [1.82, 2.24) is 9.97 Å². The summed E-state index contributed by atoms with van der Waals surface area (Å²) in [5.41, 5.74) is 6.98. The lowest BCUT2D eigenvalue weighted by atomic mass is 9.90. The Morgan fingerprint density at radius 2 is 1.87 bits per heavy atom. The minimum atomic E-state index is 0.238. The van der Waals surface area contributed by atoms with Gasteiger partial charge in [0.15, 0.2) is 0 Å². The highest BCUT2D eigenvalue weighted by molar-refractivity contribution is 5.43. The van der Waals surface area contributed by atoms with Crippen LogP contribution in [0.15, 0.2) is 36.4 Å². The molecule has 5 nitrogen and oxygen atoms in total. The highest BCUT2D eigenvalue weighted by atomic mass is 16.5. The van der Waals surface area contributed by atoms with Gasteiger partial charge in [-0.15, -0.1) is 0 Å². The van der Waals surface area contributed by atoms with Crippen molar-refractivity contribution in [2.24, 2.45) is 5.92 Å². The molecule has 1 saturated carbocycles. The summed E-state index contributed by atoms with van der Waals surface area (Å²) in [5.74, 6) is 2.13. The molecule has 0 amide bonds. The standard InChI is InChI=1S/C18H24N4O/c19-18-21-16(20-12-14-7-3-1-4-8-14)11-17(22-18)23-13-15-9-5-2-6-10-15/h1,3-4,7-8,11,15H,2,5-6,9-10,12-13H2,(H3,19,20,21,22). The smallest absolute Gasteiger partial charge is 0.225 e. The number of nitrogen functional groups attached to an aromatic ring is 1. The van der Waals surface area contributed by atoms with Crippen molar-refractivity contribution in [3.8, 4) is 5.88 Å². The van der Waals surface area contributed by atoms with Gasteiger partial charge in [-0.1, -0.05) is 49.6 Å². The summed E-state index contributed by atoms with van der Waals surface area (Å²) in [7, 11) is 0. The van der Waals surface area contributed by atoms with Crippen molar-refractivity contribution in [3.05, 3.63) is 42.0 Å². The molecule has 1 heterocycles. The molecular formula is C18H24N4O. The molecule has 0 saturated heterocycles. The van der Waals surface area contributed by atoms with Crippen molar-refractivity contribution in [2.45, 2.75) is 38.6 Å². The molecule has 0 bridgehead atoms. The molecule has 0 unspecified atom stereocenters. The summed E-state index contributed by atoms with van der Waals surface area (Å²) < 4.78 is 5.85. The fourth-order valence-corrected chi connectivity index (χ4v) is 2.95. The third-order valence-corrected chi connectivity index (χ3v) is 4.23. The van der Waals surface area contributed by atoms with E-state index in [0.29, 0.717) is 30.8 Å². The number of rotatable bonds is 6. The topological polar surface area (TPSA) is 73.1 Å². The number of hydrogen-bond acceptors (Lipinski definition) is 5. The molecule has 122 valence electrons. The quantitative estimate of drug-likeness (QED) is 0.852. The van der Waals surface area contributed by atoms with Gasteiger partial charge >= 0.3 is 0 Å². The fraction of sp³-hybridized carbons (Fsp3) is 0.444. The van der Waals surface area contributed by atoms with Crippen LogP contribution in [0.2, 0.25) is 0 Å². The van der Waals surface area contributed by atoms with E-state index in [1.165, 1.54) is 37.7 Å². The third kappa shape index (κ3) is 4.84. The number of anilines is 2. The second-order valence-electron chi connectivity index (χ2n) is 6.10. The Balaban J connectivity index is 1.57. The molecule has 1 aromatic carbocycles. The average Bonchev–Trinajstić information content (AvgIpc) is 2.60. The number of benzene rings is 1. The SMILES string of the molecule is Nc1nc(NCc2ccccc2)cc(OCC2CCCCC2)n1. The van der Waals surface area contributed by atoms with Gasteiger partial charge in [-0.05, 0) is 24.3 Å². The van der Waals surface area contributed by atoms with Crippen LogP contribution in [-0.2, 0) is 6.54 Å². The fourth-order valence-electron chi connectivity index (χ4n) is 2.95. The minimum Gasteiger partial charge on any atom is -0.477 e. The molecule has 1 aromatic heterocycles. The van der Waals surface area contributed by atoms with Gasteiger partial charge in [-0.25, -0.2) is 0 Å². The van der Waals surface area contributed by atoms with E-state index in [1.54, 1.807) is 0 Å². The molecular weight excluding hydrogens is 288 g/mol. The number of hydrogen-bond donors (Lipinski definition) is 2. The first-order chi connectivity index (χ1) is 11.3. The van der Waals surface area contributed by atoms with Gasteiger partial charge in [0.05, 0.1) is 6.61 Å². The highest BCUT2D eigenvalue weighted by Gasteiger charge is 2.14. The van der Waals surface area contributed by atoms with Crippen LogP contribution in [0.5, 0.6) is 5.88 Å². The lowest BCUT2D eigenvalue weighted by Crippen LogP contribution is -2.16. The van der Waals surface area contributed by atoms with Crippen molar-refractivity contribution in [1.29, 1.82) is 0 Å². The van der Waals surface area contributed by atoms with Crippen molar-refractivity contribution >= 4 is 11.8 Å². The maximum atomic E-state index is 5.85. The van der Waals surface area contributed by atoms with E-state index in [1.807, 2.05) is 24.3 Å². The zero-order chi connectivity index (χ0) is 15.9. The second kappa shape index (κ2) is 7.81. The number of nitrogens with one attached hydrogen (secondary N) is 1. The van der Waals surface area contributed by atoms with Crippen LogP contribution in [0, 0.1) is 5.92 Å². The van der Waals surface area contributed by atoms with E-state index in [9.17, 15) is 0 Å². The predicted molar refractivity (Wildman–Crippen MR) is 92.3 cm³/mol. The van der Waals surface area contributed by atoms with Gasteiger partial charge in [0.2, 0.25) is 11.8 Å². The van der Waals surface area contributed by atoms with Crippen LogP contribution in [0.4, 0.5) is 11.8 Å². The summed E-state index contributed by atoms with van der Waals surface area (Å²) >= 11 is 0. The van der Waals surface area contributed by atoms with E-state index in [2.05, 4.69) is 27.4 Å². The zero-order valence-electron chi connectivity index (χ0n) is 13.4. The molecule has 0 spiro atoms. The Hall–Kier alpha value is -2.30. The van der Waals surface area contributed by atoms with Gasteiger partial charge in [-0.2, -0.15) is 9.97 Å². The third-order valence-electron chi connectivity index (χ3n) is 4.23. The normalized spacial score (nSPS) is 15.3. The molecule has 1 aliphatic carbocycles. The van der Waals surface area contributed by atoms with Crippen molar-refractivity contribution in [2.75, 3.05) is 17.7 Å². The summed E-state index contributed by atoms with van der Waals surface area (Å²) in [5, 5.41) is 3.27. The number of ether oxygens (including phenoxy) is 1. The molecule has 1 aliphatic rings. The van der Waals surface area contributed by atoms with Crippen LogP contribution < -0.4 is 15.8 Å². The van der Waals surface area contributed by atoms with Crippen LogP contribution in [0.1, 0.15) is 37.7 Å². The first kappa shape index (κ1) is 15.6.